The van der Waals surface area contributed by atoms with Crippen LogP contribution in [0.2, 0.25) is 0 Å². The molecule has 5 aromatic rings. The molecular formula is C26H22N4O2. The molecule has 5 rings (SSSR count). The highest BCUT2D eigenvalue weighted by Crippen LogP contribution is 2.28. The molecule has 0 saturated carbocycles. The number of hydrogen-bond acceptors (Lipinski definition) is 6. The fourth-order valence-electron chi connectivity index (χ4n) is 3.50. The van der Waals surface area contributed by atoms with Crippen LogP contribution in [0.3, 0.4) is 0 Å². The van der Waals surface area contributed by atoms with Crippen molar-refractivity contribution in [3.63, 3.8) is 0 Å². The second-order valence-electron chi connectivity index (χ2n) is 7.51. The van der Waals surface area contributed by atoms with Gasteiger partial charge in [-0.2, -0.15) is 0 Å². The van der Waals surface area contributed by atoms with E-state index in [4.69, 9.17) is 19.4 Å². The van der Waals surface area contributed by atoms with Crippen LogP contribution in [0.4, 0.5) is 0 Å². The van der Waals surface area contributed by atoms with Crippen molar-refractivity contribution in [2.24, 2.45) is 0 Å². The van der Waals surface area contributed by atoms with Gasteiger partial charge < -0.3 is 9.47 Å². The molecule has 0 aliphatic heterocycles. The summed E-state index contributed by atoms with van der Waals surface area (Å²) < 4.78 is 12.2. The van der Waals surface area contributed by atoms with Crippen molar-refractivity contribution in [1.82, 2.24) is 19.9 Å². The van der Waals surface area contributed by atoms with Crippen molar-refractivity contribution in [3.05, 3.63) is 95.6 Å². The van der Waals surface area contributed by atoms with Gasteiger partial charge in [0.1, 0.15) is 13.2 Å². The Morgan fingerprint density at radius 3 is 1.25 bits per heavy atom. The molecule has 158 valence electrons. The zero-order chi connectivity index (χ0) is 21.9. The zero-order valence-electron chi connectivity index (χ0n) is 17.9. The number of rotatable bonds is 6. The molecule has 0 fully saturated rings. The van der Waals surface area contributed by atoms with Crippen LogP contribution < -0.4 is 9.47 Å². The van der Waals surface area contributed by atoms with Gasteiger partial charge in [-0.25, -0.2) is 19.9 Å². The number of benzene rings is 3. The van der Waals surface area contributed by atoms with E-state index < -0.39 is 0 Å². The van der Waals surface area contributed by atoms with Gasteiger partial charge in [0.25, 0.3) is 0 Å². The lowest BCUT2D eigenvalue weighted by Crippen LogP contribution is -2.06. The number of ether oxygens (including phenoxy) is 2. The maximum atomic E-state index is 6.08. The third-order valence-electron chi connectivity index (χ3n) is 5.26. The van der Waals surface area contributed by atoms with E-state index in [1.54, 1.807) is 0 Å². The lowest BCUT2D eigenvalue weighted by Gasteiger charge is -2.14. The number of aryl methyl sites for hydroxylation is 2. The largest absolute Gasteiger partial charge is 0.483 e. The molecule has 0 N–H and O–H groups in total. The van der Waals surface area contributed by atoms with Crippen molar-refractivity contribution in [1.29, 1.82) is 0 Å². The monoisotopic (exact) mass is 422 g/mol. The molecule has 0 atom stereocenters. The smallest absolute Gasteiger partial charge is 0.161 e. The molecule has 32 heavy (non-hydrogen) atoms. The standard InChI is InChI=1S/C26H22N4O2/c1-17-23(29-21-11-5-3-9-19(21)27-17)15-31-25-13-7-8-14-26(25)32-16-24-18(2)28-20-10-4-6-12-22(20)30-24/h3-14H,15-16H2,1-2H3. The van der Waals surface area contributed by atoms with Gasteiger partial charge in [0.05, 0.1) is 44.8 Å². The third-order valence-corrected chi connectivity index (χ3v) is 5.26. The summed E-state index contributed by atoms with van der Waals surface area (Å²) in [5.74, 6) is 1.29. The summed E-state index contributed by atoms with van der Waals surface area (Å²) in [7, 11) is 0. The summed E-state index contributed by atoms with van der Waals surface area (Å²) in [6, 6.07) is 23.3. The number of aromatic nitrogens is 4. The molecule has 0 unspecified atom stereocenters. The Balaban J connectivity index is 1.34. The van der Waals surface area contributed by atoms with E-state index in [0.29, 0.717) is 24.7 Å². The Morgan fingerprint density at radius 1 is 0.500 bits per heavy atom. The predicted molar refractivity (Wildman–Crippen MR) is 124 cm³/mol. The number of para-hydroxylation sites is 6. The van der Waals surface area contributed by atoms with Gasteiger partial charge in [-0.3, -0.25) is 0 Å². The molecule has 0 bridgehead atoms. The van der Waals surface area contributed by atoms with E-state index in [-0.39, 0.29) is 0 Å². The van der Waals surface area contributed by atoms with Gasteiger partial charge >= 0.3 is 0 Å². The molecule has 0 radical (unpaired) electrons. The van der Waals surface area contributed by atoms with Crippen molar-refractivity contribution >= 4 is 22.1 Å². The highest BCUT2D eigenvalue weighted by Gasteiger charge is 2.11. The first kappa shape index (κ1) is 19.9. The molecule has 6 nitrogen and oxygen atoms in total. The average molecular weight is 422 g/mol. The Labute approximate surface area is 185 Å². The number of fused-ring (bicyclic) bond motifs is 2. The quantitative estimate of drug-likeness (QED) is 0.367. The summed E-state index contributed by atoms with van der Waals surface area (Å²) >= 11 is 0. The van der Waals surface area contributed by atoms with Gasteiger partial charge in [0, 0.05) is 0 Å². The molecule has 2 aromatic heterocycles. The SMILES string of the molecule is Cc1nc2ccccc2nc1COc1ccccc1OCc1nc2ccccc2nc1C. The lowest BCUT2D eigenvalue weighted by atomic mass is 10.2. The van der Waals surface area contributed by atoms with Crippen LogP contribution >= 0.6 is 0 Å². The van der Waals surface area contributed by atoms with Gasteiger partial charge in [0.15, 0.2) is 11.5 Å². The fourth-order valence-corrected chi connectivity index (χ4v) is 3.50. The Kier molecular flexibility index (Phi) is 5.34. The molecule has 0 spiro atoms. The minimum atomic E-state index is 0.304. The summed E-state index contributed by atoms with van der Waals surface area (Å²) in [5.41, 5.74) is 6.77. The predicted octanol–water partition coefficient (Wildman–Crippen LogP) is 5.35. The lowest BCUT2D eigenvalue weighted by molar-refractivity contribution is 0.251. The van der Waals surface area contributed by atoms with E-state index in [1.807, 2.05) is 86.6 Å². The zero-order valence-corrected chi connectivity index (χ0v) is 17.9. The van der Waals surface area contributed by atoms with E-state index in [0.717, 1.165) is 44.8 Å². The first-order valence-electron chi connectivity index (χ1n) is 10.5. The van der Waals surface area contributed by atoms with Crippen LogP contribution in [0.15, 0.2) is 72.8 Å². The molecule has 0 aliphatic rings. The summed E-state index contributed by atoms with van der Waals surface area (Å²) in [6.07, 6.45) is 0. The van der Waals surface area contributed by atoms with Crippen LogP contribution in [-0.4, -0.2) is 19.9 Å². The maximum Gasteiger partial charge on any atom is 0.161 e. The average Bonchev–Trinajstić information content (AvgIpc) is 2.82. The summed E-state index contributed by atoms with van der Waals surface area (Å²) in [6.45, 7) is 4.50. The first-order chi connectivity index (χ1) is 15.7. The summed E-state index contributed by atoms with van der Waals surface area (Å²) in [5, 5.41) is 0. The molecular weight excluding hydrogens is 400 g/mol. The topological polar surface area (TPSA) is 70.0 Å². The van der Waals surface area contributed by atoms with Crippen LogP contribution in [0.5, 0.6) is 11.5 Å². The van der Waals surface area contributed by atoms with Crippen LogP contribution in [0, 0.1) is 13.8 Å². The van der Waals surface area contributed by atoms with Crippen LogP contribution in [0.1, 0.15) is 22.8 Å². The molecule has 0 saturated heterocycles. The van der Waals surface area contributed by atoms with Crippen LogP contribution in [0.25, 0.3) is 22.1 Å². The fraction of sp³-hybridized carbons (Fsp3) is 0.154. The second kappa shape index (κ2) is 8.59. The first-order valence-corrected chi connectivity index (χ1v) is 10.5. The minimum Gasteiger partial charge on any atom is -0.483 e. The van der Waals surface area contributed by atoms with Crippen molar-refractivity contribution in [3.8, 4) is 11.5 Å². The highest BCUT2D eigenvalue weighted by atomic mass is 16.5. The molecule has 0 amide bonds. The molecule has 0 aliphatic carbocycles. The minimum absolute atomic E-state index is 0.304. The Hall–Kier alpha value is -4.06. The Morgan fingerprint density at radius 2 is 0.844 bits per heavy atom. The van der Waals surface area contributed by atoms with Gasteiger partial charge in [0.2, 0.25) is 0 Å². The highest BCUT2D eigenvalue weighted by molar-refractivity contribution is 5.74. The van der Waals surface area contributed by atoms with E-state index in [9.17, 15) is 0 Å². The Bertz CT molecular complexity index is 1310. The third kappa shape index (κ3) is 4.07. The molecule has 6 heteroatoms. The van der Waals surface area contributed by atoms with Crippen molar-refractivity contribution in [2.75, 3.05) is 0 Å². The van der Waals surface area contributed by atoms with Gasteiger partial charge in [-0.05, 0) is 50.2 Å². The van der Waals surface area contributed by atoms with Gasteiger partial charge in [-0.1, -0.05) is 36.4 Å². The number of nitrogens with zero attached hydrogens (tertiary/aromatic N) is 4. The van der Waals surface area contributed by atoms with Crippen molar-refractivity contribution < 1.29 is 9.47 Å². The molecule has 2 heterocycles. The van der Waals surface area contributed by atoms with Crippen molar-refractivity contribution in [2.45, 2.75) is 27.1 Å². The maximum absolute atomic E-state index is 6.08. The second-order valence-corrected chi connectivity index (χ2v) is 7.51. The van der Waals surface area contributed by atoms with Gasteiger partial charge in [-0.15, -0.1) is 0 Å². The van der Waals surface area contributed by atoms with E-state index in [2.05, 4.69) is 9.97 Å². The summed E-state index contributed by atoms with van der Waals surface area (Å²) in [4.78, 5) is 18.7. The van der Waals surface area contributed by atoms with E-state index >= 15 is 0 Å². The number of hydrogen-bond donors (Lipinski definition) is 0. The molecule has 3 aromatic carbocycles. The van der Waals surface area contributed by atoms with E-state index in [1.165, 1.54) is 0 Å². The normalized spacial score (nSPS) is 11.1. The van der Waals surface area contributed by atoms with Crippen LogP contribution in [-0.2, 0) is 13.2 Å².